The number of hydrogen-bond donors (Lipinski definition) is 1. The number of hydrogen-bond acceptors (Lipinski definition) is 4. The zero-order valence-electron chi connectivity index (χ0n) is 20.5. The van der Waals surface area contributed by atoms with E-state index in [1.165, 1.54) is 24.8 Å². The third kappa shape index (κ3) is 8.62. The number of alkyl halides is 6. The number of likely N-dealkylation sites (N-methyl/N-ethyl adjacent to an activating group) is 1. The van der Waals surface area contributed by atoms with Crippen LogP contribution in [0.3, 0.4) is 0 Å². The van der Waals surface area contributed by atoms with Gasteiger partial charge < -0.3 is 10.0 Å². The van der Waals surface area contributed by atoms with Gasteiger partial charge >= 0.3 is 12.4 Å². The van der Waals surface area contributed by atoms with E-state index in [-0.39, 0.29) is 43.7 Å². The van der Waals surface area contributed by atoms with E-state index in [2.05, 4.69) is 4.90 Å². The van der Waals surface area contributed by atoms with Crippen molar-refractivity contribution in [3.8, 4) is 0 Å². The van der Waals surface area contributed by atoms with Crippen molar-refractivity contribution in [2.45, 2.75) is 56.9 Å². The molecule has 36 heavy (non-hydrogen) atoms. The lowest BCUT2D eigenvalue weighted by molar-refractivity contribution is -0.143. The maximum Gasteiger partial charge on any atom is 0.416 e. The van der Waals surface area contributed by atoms with Gasteiger partial charge in [0, 0.05) is 52.4 Å². The average Bonchev–Trinajstić information content (AvgIpc) is 3.63. The number of aliphatic hydroxyl groups is 1. The van der Waals surface area contributed by atoms with E-state index in [0.717, 1.165) is 51.4 Å². The van der Waals surface area contributed by atoms with E-state index in [1.54, 1.807) is 0 Å². The van der Waals surface area contributed by atoms with Crippen LogP contribution in [0.4, 0.5) is 26.3 Å². The first-order valence-electron chi connectivity index (χ1n) is 12.5. The van der Waals surface area contributed by atoms with E-state index in [9.17, 15) is 36.2 Å². The van der Waals surface area contributed by atoms with Crippen LogP contribution in [-0.4, -0.2) is 84.7 Å². The molecule has 3 rings (SSSR count). The van der Waals surface area contributed by atoms with Crippen LogP contribution in [-0.2, 0) is 23.6 Å². The van der Waals surface area contributed by atoms with Gasteiger partial charge in [0.15, 0.2) is 0 Å². The van der Waals surface area contributed by atoms with E-state index in [0.29, 0.717) is 18.2 Å². The topological polar surface area (TPSA) is 47.0 Å². The minimum atomic E-state index is -4.89. The van der Waals surface area contributed by atoms with Crippen LogP contribution in [0.1, 0.15) is 48.8 Å². The Morgan fingerprint density at radius 2 is 1.56 bits per heavy atom. The van der Waals surface area contributed by atoms with Crippen LogP contribution in [0.25, 0.3) is 0 Å². The maximum atomic E-state index is 13.1. The highest BCUT2D eigenvalue weighted by atomic mass is 19.4. The number of likely N-dealkylation sites (tertiary alicyclic amines) is 1. The van der Waals surface area contributed by atoms with Gasteiger partial charge in [0.05, 0.1) is 17.7 Å². The molecule has 1 aliphatic heterocycles. The van der Waals surface area contributed by atoms with Gasteiger partial charge in [0.1, 0.15) is 0 Å². The lowest BCUT2D eigenvalue weighted by Gasteiger charge is -2.39. The second kappa shape index (κ2) is 12.1. The van der Waals surface area contributed by atoms with Crippen molar-refractivity contribution in [3.05, 3.63) is 34.9 Å². The molecule has 1 N–H and O–H groups in total. The van der Waals surface area contributed by atoms with Crippen molar-refractivity contribution >= 4 is 5.91 Å². The van der Waals surface area contributed by atoms with E-state index >= 15 is 0 Å². The molecule has 1 aromatic carbocycles. The fourth-order valence-electron chi connectivity index (χ4n) is 4.67. The molecule has 1 saturated carbocycles. The molecular weight excluding hydrogens is 488 g/mol. The molecule has 0 radical (unpaired) electrons. The van der Waals surface area contributed by atoms with Gasteiger partial charge in [-0.15, -0.1) is 0 Å². The summed E-state index contributed by atoms with van der Waals surface area (Å²) in [5.41, 5.74) is -2.81. The van der Waals surface area contributed by atoms with Crippen LogP contribution in [0.15, 0.2) is 18.2 Å². The Balaban J connectivity index is 1.50. The molecule has 1 aromatic rings. The van der Waals surface area contributed by atoms with Crippen molar-refractivity contribution in [1.82, 2.24) is 14.7 Å². The summed E-state index contributed by atoms with van der Waals surface area (Å²) in [6, 6.07) is 1.95. The smallest absolute Gasteiger partial charge is 0.396 e. The number of carbonyl (C=O) groups excluding carboxylic acids is 1. The predicted molar refractivity (Wildman–Crippen MR) is 123 cm³/mol. The Morgan fingerprint density at radius 1 is 0.972 bits per heavy atom. The summed E-state index contributed by atoms with van der Waals surface area (Å²) in [4.78, 5) is 18.5. The minimum Gasteiger partial charge on any atom is -0.396 e. The molecule has 1 saturated heterocycles. The van der Waals surface area contributed by atoms with Crippen molar-refractivity contribution in [2.24, 2.45) is 5.92 Å². The molecule has 0 spiro atoms. The zero-order chi connectivity index (χ0) is 26.5. The molecule has 0 aromatic heterocycles. The lowest BCUT2D eigenvalue weighted by atomic mass is 10.0. The molecule has 2 aliphatic rings. The summed E-state index contributed by atoms with van der Waals surface area (Å²) >= 11 is 0. The summed E-state index contributed by atoms with van der Waals surface area (Å²) in [6.07, 6.45) is -4.81. The monoisotopic (exact) mass is 523 g/mol. The quantitative estimate of drug-likeness (QED) is 0.440. The highest BCUT2D eigenvalue weighted by Gasteiger charge is 2.37. The summed E-state index contributed by atoms with van der Waals surface area (Å²) in [6.45, 7) is 3.76. The number of amides is 1. The Hall–Kier alpha value is -1.85. The number of aliphatic hydroxyl groups excluding tert-OH is 1. The third-order valence-corrected chi connectivity index (χ3v) is 7.03. The number of benzene rings is 1. The first-order chi connectivity index (χ1) is 16.9. The van der Waals surface area contributed by atoms with Crippen molar-refractivity contribution < 1.29 is 36.2 Å². The third-order valence-electron chi connectivity index (χ3n) is 7.03. The van der Waals surface area contributed by atoms with Gasteiger partial charge in [-0.1, -0.05) is 0 Å². The molecule has 0 bridgehead atoms. The summed E-state index contributed by atoms with van der Waals surface area (Å²) < 4.78 is 78.5. The van der Waals surface area contributed by atoms with Crippen LogP contribution in [0.5, 0.6) is 0 Å². The molecule has 1 amide bonds. The van der Waals surface area contributed by atoms with Crippen LogP contribution < -0.4 is 0 Å². The molecule has 2 fully saturated rings. The number of halogens is 6. The number of carbonyl (C=O) groups is 1. The van der Waals surface area contributed by atoms with Gasteiger partial charge in [0.2, 0.25) is 5.91 Å². The number of rotatable bonds is 11. The van der Waals surface area contributed by atoms with Gasteiger partial charge in [-0.3, -0.25) is 14.6 Å². The standard InChI is InChI=1S/C25H35F6N3O2/c1-32(9-5-19-13-20(24(26,27)28)15-21(14-19)25(29,30)31)23(36)17-33-10-6-22(7-11-33)34(8-2-12-35)16-18-3-4-18/h13-15,18,22,35H,2-12,16-17H2,1H3. The fraction of sp³-hybridized carbons (Fsp3) is 0.720. The summed E-state index contributed by atoms with van der Waals surface area (Å²) in [7, 11) is 1.51. The molecule has 204 valence electrons. The fourth-order valence-corrected chi connectivity index (χ4v) is 4.67. The van der Waals surface area contributed by atoms with E-state index in [1.807, 2.05) is 4.90 Å². The van der Waals surface area contributed by atoms with Crippen molar-refractivity contribution in [2.75, 3.05) is 52.9 Å². The Bertz CT molecular complexity index is 832. The SMILES string of the molecule is CN(CCc1cc(C(F)(F)F)cc(C(F)(F)F)c1)C(=O)CN1CCC(N(CCCO)CC2CC2)CC1. The maximum absolute atomic E-state index is 13.1. The zero-order valence-corrected chi connectivity index (χ0v) is 20.5. The van der Waals surface area contributed by atoms with E-state index in [4.69, 9.17) is 0 Å². The number of nitrogens with zero attached hydrogens (tertiary/aromatic N) is 3. The predicted octanol–water partition coefficient (Wildman–Crippen LogP) is 4.28. The Morgan fingerprint density at radius 3 is 2.06 bits per heavy atom. The number of piperidine rings is 1. The molecule has 1 aliphatic carbocycles. The van der Waals surface area contributed by atoms with Crippen LogP contribution >= 0.6 is 0 Å². The highest BCUT2D eigenvalue weighted by Crippen LogP contribution is 2.36. The van der Waals surface area contributed by atoms with Gasteiger partial charge in [-0.2, -0.15) is 26.3 Å². The Kier molecular flexibility index (Phi) is 9.68. The first-order valence-corrected chi connectivity index (χ1v) is 12.5. The second-order valence-electron chi connectivity index (χ2n) is 10.0. The van der Waals surface area contributed by atoms with E-state index < -0.39 is 23.5 Å². The van der Waals surface area contributed by atoms with Gasteiger partial charge in [-0.25, -0.2) is 0 Å². The second-order valence-corrected chi connectivity index (χ2v) is 10.0. The van der Waals surface area contributed by atoms with Crippen LogP contribution in [0, 0.1) is 5.92 Å². The van der Waals surface area contributed by atoms with Gasteiger partial charge in [-0.05, 0) is 68.2 Å². The summed E-state index contributed by atoms with van der Waals surface area (Å²) in [5.74, 6) is 0.535. The first kappa shape index (κ1) is 28.7. The largest absolute Gasteiger partial charge is 0.416 e. The van der Waals surface area contributed by atoms with Crippen LogP contribution in [0.2, 0.25) is 0 Å². The normalized spacial score (nSPS) is 18.1. The van der Waals surface area contributed by atoms with Crippen molar-refractivity contribution in [3.63, 3.8) is 0 Å². The minimum absolute atomic E-state index is 0.0181. The molecular formula is C25H35F6N3O2. The molecule has 0 atom stereocenters. The Labute approximate surface area is 208 Å². The summed E-state index contributed by atoms with van der Waals surface area (Å²) in [5, 5.41) is 9.19. The average molecular weight is 524 g/mol. The van der Waals surface area contributed by atoms with Gasteiger partial charge in [0.25, 0.3) is 0 Å². The molecule has 11 heteroatoms. The molecule has 0 unspecified atom stereocenters. The lowest BCUT2D eigenvalue weighted by Crippen LogP contribution is -2.48. The van der Waals surface area contributed by atoms with Crippen molar-refractivity contribution in [1.29, 1.82) is 0 Å². The highest BCUT2D eigenvalue weighted by molar-refractivity contribution is 5.78. The molecule has 5 nitrogen and oxygen atoms in total. The molecule has 1 heterocycles.